The van der Waals surface area contributed by atoms with Gasteiger partial charge in [-0.3, -0.25) is 14.9 Å². The van der Waals surface area contributed by atoms with E-state index in [-0.39, 0.29) is 23.3 Å². The van der Waals surface area contributed by atoms with E-state index in [1.54, 1.807) is 0 Å². The van der Waals surface area contributed by atoms with Crippen LogP contribution in [0.5, 0.6) is 0 Å². The van der Waals surface area contributed by atoms with Gasteiger partial charge in [0, 0.05) is 36.8 Å². The fourth-order valence-corrected chi connectivity index (χ4v) is 4.28. The number of anilines is 1. The second-order valence-corrected chi connectivity index (χ2v) is 8.92. The first kappa shape index (κ1) is 20.5. The summed E-state index contributed by atoms with van der Waals surface area (Å²) in [5.41, 5.74) is 1.49. The Morgan fingerprint density at radius 2 is 1.96 bits per heavy atom. The molecule has 2 aliphatic rings. The van der Waals surface area contributed by atoms with Gasteiger partial charge in [0.15, 0.2) is 0 Å². The molecular formula is C20H26ClN3O4. The Labute approximate surface area is 169 Å². The van der Waals surface area contributed by atoms with Crippen LogP contribution < -0.4 is 10.2 Å². The summed E-state index contributed by atoms with van der Waals surface area (Å²) in [6.45, 7) is 7.70. The lowest BCUT2D eigenvalue weighted by molar-refractivity contribution is -0.134. The first-order chi connectivity index (χ1) is 13.1. The van der Waals surface area contributed by atoms with Gasteiger partial charge < -0.3 is 14.9 Å². The summed E-state index contributed by atoms with van der Waals surface area (Å²) in [6, 6.07) is 5.62. The van der Waals surface area contributed by atoms with Crippen LogP contribution in [0.1, 0.15) is 45.1 Å². The summed E-state index contributed by atoms with van der Waals surface area (Å²) in [7, 11) is 0. The third kappa shape index (κ3) is 4.09. The Hall–Kier alpha value is -2.28. The maximum absolute atomic E-state index is 12.2. The van der Waals surface area contributed by atoms with Gasteiger partial charge in [0.2, 0.25) is 11.8 Å². The predicted molar refractivity (Wildman–Crippen MR) is 107 cm³/mol. The smallest absolute Gasteiger partial charge is 0.407 e. The van der Waals surface area contributed by atoms with Gasteiger partial charge in [0.1, 0.15) is 0 Å². The monoisotopic (exact) mass is 407 g/mol. The second-order valence-electron chi connectivity index (χ2n) is 8.51. The Morgan fingerprint density at radius 3 is 2.54 bits per heavy atom. The average molecular weight is 408 g/mol. The number of hydrogen-bond acceptors (Lipinski definition) is 4. The normalized spacial score (nSPS) is 23.6. The number of piperidine rings is 1. The summed E-state index contributed by atoms with van der Waals surface area (Å²) < 4.78 is 0. The lowest BCUT2D eigenvalue weighted by atomic mass is 9.83. The molecule has 8 heteroatoms. The molecule has 1 aromatic carbocycles. The topological polar surface area (TPSA) is 90.0 Å². The van der Waals surface area contributed by atoms with E-state index < -0.39 is 12.0 Å². The Morgan fingerprint density at radius 1 is 1.25 bits per heavy atom. The highest BCUT2D eigenvalue weighted by atomic mass is 35.5. The van der Waals surface area contributed by atoms with E-state index in [9.17, 15) is 19.5 Å². The van der Waals surface area contributed by atoms with Crippen molar-refractivity contribution in [3.63, 3.8) is 0 Å². The number of carboxylic acid groups (broad SMARTS) is 1. The van der Waals surface area contributed by atoms with Crippen LogP contribution in [0.2, 0.25) is 5.02 Å². The number of carbonyl (C=O) groups is 3. The van der Waals surface area contributed by atoms with Crippen molar-refractivity contribution in [3.8, 4) is 0 Å². The number of nitrogens with one attached hydrogen (secondary N) is 1. The molecule has 0 saturated carbocycles. The minimum atomic E-state index is -0.903. The van der Waals surface area contributed by atoms with Gasteiger partial charge in [-0.2, -0.15) is 0 Å². The molecule has 152 valence electrons. The van der Waals surface area contributed by atoms with Crippen LogP contribution in [0.3, 0.4) is 0 Å². The molecule has 3 rings (SSSR count). The zero-order chi connectivity index (χ0) is 20.6. The molecule has 0 aromatic heterocycles. The molecule has 2 N–H and O–H groups in total. The molecule has 2 fully saturated rings. The lowest BCUT2D eigenvalue weighted by Gasteiger charge is -2.47. The molecule has 1 aromatic rings. The van der Waals surface area contributed by atoms with Gasteiger partial charge in [-0.1, -0.05) is 38.4 Å². The highest BCUT2D eigenvalue weighted by molar-refractivity contribution is 6.32. The van der Waals surface area contributed by atoms with Crippen LogP contribution in [0.25, 0.3) is 0 Å². The van der Waals surface area contributed by atoms with Crippen molar-refractivity contribution in [2.75, 3.05) is 24.5 Å². The maximum atomic E-state index is 12.2. The van der Waals surface area contributed by atoms with Gasteiger partial charge in [-0.15, -0.1) is 0 Å². The molecule has 0 aliphatic carbocycles. The number of piperazine rings is 1. The summed E-state index contributed by atoms with van der Waals surface area (Å²) in [5.74, 6) is -0.992. The first-order valence-electron chi connectivity index (χ1n) is 9.45. The molecule has 28 heavy (non-hydrogen) atoms. The zero-order valence-corrected chi connectivity index (χ0v) is 17.1. The van der Waals surface area contributed by atoms with Crippen molar-refractivity contribution in [1.29, 1.82) is 0 Å². The number of amides is 3. The van der Waals surface area contributed by atoms with Crippen molar-refractivity contribution in [2.45, 2.75) is 45.6 Å². The lowest BCUT2D eigenvalue weighted by Crippen LogP contribution is -2.59. The summed E-state index contributed by atoms with van der Waals surface area (Å²) in [5, 5.41) is 12.2. The minimum Gasteiger partial charge on any atom is -0.465 e. The molecule has 2 atom stereocenters. The largest absolute Gasteiger partial charge is 0.465 e. The third-order valence-electron chi connectivity index (χ3n) is 5.58. The Kier molecular flexibility index (Phi) is 5.57. The molecule has 0 spiro atoms. The molecule has 2 heterocycles. The number of hydrogen-bond donors (Lipinski definition) is 2. The summed E-state index contributed by atoms with van der Waals surface area (Å²) in [4.78, 5) is 38.6. The van der Waals surface area contributed by atoms with Crippen LogP contribution in [-0.2, 0) is 9.59 Å². The quantitative estimate of drug-likeness (QED) is 0.735. The molecular weight excluding hydrogens is 382 g/mol. The van der Waals surface area contributed by atoms with E-state index in [0.717, 1.165) is 5.69 Å². The van der Waals surface area contributed by atoms with Crippen molar-refractivity contribution in [2.24, 2.45) is 5.41 Å². The van der Waals surface area contributed by atoms with Gasteiger partial charge in [0.05, 0.1) is 12.0 Å². The fourth-order valence-electron chi connectivity index (χ4n) is 3.97. The number of rotatable bonds is 2. The summed E-state index contributed by atoms with van der Waals surface area (Å²) in [6.07, 6.45) is -0.149. The predicted octanol–water partition coefficient (Wildman–Crippen LogP) is 3.07. The zero-order valence-electron chi connectivity index (χ0n) is 16.4. The van der Waals surface area contributed by atoms with Crippen LogP contribution in [-0.4, -0.2) is 53.6 Å². The molecule has 2 unspecified atom stereocenters. The second kappa shape index (κ2) is 7.62. The van der Waals surface area contributed by atoms with E-state index in [2.05, 4.69) is 31.0 Å². The number of imide groups is 1. The van der Waals surface area contributed by atoms with Gasteiger partial charge in [-0.25, -0.2) is 4.79 Å². The molecule has 2 aliphatic heterocycles. The van der Waals surface area contributed by atoms with Gasteiger partial charge in [0.25, 0.3) is 0 Å². The minimum absolute atomic E-state index is 0.00475. The molecule has 2 saturated heterocycles. The summed E-state index contributed by atoms with van der Waals surface area (Å²) >= 11 is 6.53. The first-order valence-corrected chi connectivity index (χ1v) is 9.83. The third-order valence-corrected chi connectivity index (χ3v) is 5.91. The van der Waals surface area contributed by atoms with Crippen molar-refractivity contribution in [1.82, 2.24) is 10.2 Å². The van der Waals surface area contributed by atoms with Gasteiger partial charge in [-0.05, 0) is 29.5 Å². The van der Waals surface area contributed by atoms with E-state index in [1.165, 1.54) is 4.90 Å². The molecule has 7 nitrogen and oxygen atoms in total. The van der Waals surface area contributed by atoms with Crippen molar-refractivity contribution in [3.05, 3.63) is 28.8 Å². The number of carbonyl (C=O) groups excluding carboxylic acids is 2. The van der Waals surface area contributed by atoms with Crippen molar-refractivity contribution >= 4 is 35.2 Å². The number of nitrogens with zero attached hydrogens (tertiary/aromatic N) is 2. The van der Waals surface area contributed by atoms with E-state index in [4.69, 9.17) is 11.6 Å². The molecule has 3 amide bonds. The highest BCUT2D eigenvalue weighted by Gasteiger charge is 2.37. The fraction of sp³-hybridized carbons (Fsp3) is 0.550. The SMILES string of the molecule is CC(C)(C)C1CN(C(=O)O)CCN1c1ccc(C2CCC(=O)NC2=O)c(Cl)c1. The van der Waals surface area contributed by atoms with E-state index >= 15 is 0 Å². The highest BCUT2D eigenvalue weighted by Crippen LogP contribution is 2.36. The Bertz CT molecular complexity index is 805. The molecule has 0 radical (unpaired) electrons. The average Bonchev–Trinajstić information content (AvgIpc) is 2.61. The van der Waals surface area contributed by atoms with Gasteiger partial charge >= 0.3 is 6.09 Å². The van der Waals surface area contributed by atoms with Crippen LogP contribution >= 0.6 is 11.6 Å². The molecule has 0 bridgehead atoms. The number of halogens is 1. The van der Waals surface area contributed by atoms with Crippen LogP contribution in [0, 0.1) is 5.41 Å². The number of benzene rings is 1. The maximum Gasteiger partial charge on any atom is 0.407 e. The van der Waals surface area contributed by atoms with Crippen LogP contribution in [0.4, 0.5) is 10.5 Å². The van der Waals surface area contributed by atoms with E-state index in [1.807, 2.05) is 18.2 Å². The van der Waals surface area contributed by atoms with Crippen molar-refractivity contribution < 1.29 is 19.5 Å². The standard InChI is InChI=1S/C20H26ClN3O4/c1-20(2,3)16-11-23(19(27)28)8-9-24(16)12-4-5-13(15(21)10-12)14-6-7-17(25)22-18(14)26/h4-5,10,14,16H,6-9,11H2,1-3H3,(H,27,28)(H,22,25,26). The van der Waals surface area contributed by atoms with E-state index in [0.29, 0.717) is 43.1 Å². The van der Waals surface area contributed by atoms with Crippen LogP contribution in [0.15, 0.2) is 18.2 Å². The Balaban J connectivity index is 1.87.